The molecular weight excluding hydrogens is 340 g/mol. The van der Waals surface area contributed by atoms with Gasteiger partial charge in [-0.2, -0.15) is 0 Å². The van der Waals surface area contributed by atoms with Crippen LogP contribution in [0.5, 0.6) is 5.75 Å². The number of aromatic amines is 1. The zero-order valence-corrected chi connectivity index (χ0v) is 15.1. The number of aryl methyl sites for hydroxylation is 1. The largest absolute Gasteiger partial charge is 0.496 e. The van der Waals surface area contributed by atoms with Crippen molar-refractivity contribution < 1.29 is 9.66 Å². The second-order valence-electron chi connectivity index (χ2n) is 6.30. The van der Waals surface area contributed by atoms with Gasteiger partial charge < -0.3 is 4.74 Å². The number of benzene rings is 1. The zero-order chi connectivity index (χ0) is 17.6. The lowest BCUT2D eigenvalue weighted by Crippen LogP contribution is -1.97. The Balaban J connectivity index is 1.58. The van der Waals surface area contributed by atoms with Gasteiger partial charge in [0.2, 0.25) is 5.16 Å². The number of nitrogens with one attached hydrogen (secondary N) is 1. The molecule has 0 spiro atoms. The molecule has 0 bridgehead atoms. The lowest BCUT2D eigenvalue weighted by Gasteiger charge is -2.06. The summed E-state index contributed by atoms with van der Waals surface area (Å²) >= 11 is 1.45. The quantitative estimate of drug-likeness (QED) is 0.431. The minimum absolute atomic E-state index is 0.0589. The van der Waals surface area contributed by atoms with Crippen LogP contribution in [0, 0.1) is 16.0 Å². The predicted octanol–water partition coefficient (Wildman–Crippen LogP) is 4.14. The smallest absolute Gasteiger partial charge is 0.270 e. The van der Waals surface area contributed by atoms with E-state index in [-0.39, 0.29) is 5.69 Å². The van der Waals surface area contributed by atoms with Crippen LogP contribution in [0.15, 0.2) is 23.4 Å². The molecule has 3 rings (SSSR count). The summed E-state index contributed by atoms with van der Waals surface area (Å²) in [5, 5.41) is 18.8. The average molecular weight is 362 g/mol. The molecule has 0 unspecified atom stereocenters. The molecule has 1 aliphatic carbocycles. The molecule has 0 radical (unpaired) electrons. The van der Waals surface area contributed by atoms with E-state index in [1.54, 1.807) is 19.2 Å². The maximum absolute atomic E-state index is 10.9. The Bertz CT molecular complexity index is 728. The van der Waals surface area contributed by atoms with Crippen LogP contribution in [0.3, 0.4) is 0 Å². The molecular formula is C17H22N4O3S. The van der Waals surface area contributed by atoms with Crippen molar-refractivity contribution in [1.29, 1.82) is 0 Å². The fourth-order valence-corrected chi connectivity index (χ4v) is 4.02. The second-order valence-corrected chi connectivity index (χ2v) is 7.24. The van der Waals surface area contributed by atoms with Gasteiger partial charge in [-0.3, -0.25) is 15.2 Å². The van der Waals surface area contributed by atoms with Gasteiger partial charge in [-0.05, 0) is 18.4 Å². The minimum atomic E-state index is -0.401. The first-order chi connectivity index (χ1) is 12.2. The van der Waals surface area contributed by atoms with E-state index in [0.717, 1.165) is 30.1 Å². The molecule has 7 nitrogen and oxygen atoms in total. The van der Waals surface area contributed by atoms with Crippen molar-refractivity contribution in [2.24, 2.45) is 5.92 Å². The molecule has 1 aromatic heterocycles. The van der Waals surface area contributed by atoms with Gasteiger partial charge in [0.15, 0.2) is 0 Å². The maximum atomic E-state index is 10.9. The van der Waals surface area contributed by atoms with E-state index in [9.17, 15) is 10.1 Å². The molecule has 1 N–H and O–H groups in total. The van der Waals surface area contributed by atoms with Crippen molar-refractivity contribution in [1.82, 2.24) is 15.2 Å². The van der Waals surface area contributed by atoms with Crippen LogP contribution in [0.4, 0.5) is 5.69 Å². The highest BCUT2D eigenvalue weighted by Crippen LogP contribution is 2.30. The van der Waals surface area contributed by atoms with E-state index >= 15 is 0 Å². The topological polar surface area (TPSA) is 93.9 Å². The highest BCUT2D eigenvalue weighted by atomic mass is 32.2. The normalized spacial score (nSPS) is 14.8. The number of ether oxygens (including phenoxy) is 1. The van der Waals surface area contributed by atoms with Gasteiger partial charge in [-0.15, -0.1) is 5.10 Å². The van der Waals surface area contributed by atoms with E-state index in [1.807, 2.05) is 0 Å². The van der Waals surface area contributed by atoms with Crippen LogP contribution in [0.25, 0.3) is 0 Å². The van der Waals surface area contributed by atoms with Gasteiger partial charge in [-0.25, -0.2) is 4.98 Å². The SMILES string of the molecule is COc1ccc([N+](=O)[O-])cc1CSc1n[nH]c(CCC2CCCC2)n1. The maximum Gasteiger partial charge on any atom is 0.270 e. The first kappa shape index (κ1) is 17.7. The highest BCUT2D eigenvalue weighted by Gasteiger charge is 2.16. The van der Waals surface area contributed by atoms with Crippen molar-refractivity contribution in [2.75, 3.05) is 7.11 Å². The summed E-state index contributed by atoms with van der Waals surface area (Å²) in [6, 6.07) is 4.61. The number of non-ortho nitro benzene ring substituents is 1. The van der Waals surface area contributed by atoms with Crippen molar-refractivity contribution in [2.45, 2.75) is 49.4 Å². The van der Waals surface area contributed by atoms with Crippen LogP contribution < -0.4 is 4.74 Å². The number of rotatable bonds is 8. The number of hydrogen-bond donors (Lipinski definition) is 1. The summed E-state index contributed by atoms with van der Waals surface area (Å²) in [6.45, 7) is 0. The monoisotopic (exact) mass is 362 g/mol. The molecule has 0 atom stereocenters. The Hall–Kier alpha value is -2.09. The number of thioether (sulfide) groups is 1. The minimum Gasteiger partial charge on any atom is -0.496 e. The lowest BCUT2D eigenvalue weighted by atomic mass is 10.0. The van der Waals surface area contributed by atoms with E-state index in [1.165, 1.54) is 43.5 Å². The molecule has 8 heteroatoms. The van der Waals surface area contributed by atoms with Crippen molar-refractivity contribution in [3.05, 3.63) is 39.7 Å². The summed E-state index contributed by atoms with van der Waals surface area (Å²) in [4.78, 5) is 15.1. The number of nitro benzene ring substituents is 1. The number of methoxy groups -OCH3 is 1. The van der Waals surface area contributed by atoms with E-state index in [0.29, 0.717) is 16.7 Å². The first-order valence-corrected chi connectivity index (χ1v) is 9.49. The number of H-pyrrole nitrogens is 1. The van der Waals surface area contributed by atoms with Crippen LogP contribution >= 0.6 is 11.8 Å². The molecule has 25 heavy (non-hydrogen) atoms. The van der Waals surface area contributed by atoms with Gasteiger partial charge in [-0.1, -0.05) is 37.4 Å². The fraction of sp³-hybridized carbons (Fsp3) is 0.529. The summed E-state index contributed by atoms with van der Waals surface area (Å²) < 4.78 is 5.28. The molecule has 1 fully saturated rings. The number of hydrogen-bond acceptors (Lipinski definition) is 6. The summed E-state index contributed by atoms with van der Waals surface area (Å²) in [5.41, 5.74) is 0.822. The van der Waals surface area contributed by atoms with E-state index in [2.05, 4.69) is 15.2 Å². The van der Waals surface area contributed by atoms with Crippen LogP contribution in [0.2, 0.25) is 0 Å². The highest BCUT2D eigenvalue weighted by molar-refractivity contribution is 7.98. The molecule has 0 saturated heterocycles. The van der Waals surface area contributed by atoms with Gasteiger partial charge in [0.1, 0.15) is 11.6 Å². The Morgan fingerprint density at radius 2 is 2.20 bits per heavy atom. The molecule has 0 amide bonds. The first-order valence-electron chi connectivity index (χ1n) is 8.51. The number of nitro groups is 1. The third kappa shape index (κ3) is 4.72. The Kier molecular flexibility index (Phi) is 5.91. The van der Waals surface area contributed by atoms with Crippen LogP contribution in [0.1, 0.15) is 43.5 Å². The van der Waals surface area contributed by atoms with E-state index in [4.69, 9.17) is 4.74 Å². The van der Waals surface area contributed by atoms with Crippen molar-refractivity contribution >= 4 is 17.4 Å². The van der Waals surface area contributed by atoms with E-state index < -0.39 is 4.92 Å². The van der Waals surface area contributed by atoms with Crippen molar-refractivity contribution in [3.63, 3.8) is 0 Å². The zero-order valence-electron chi connectivity index (χ0n) is 14.2. The molecule has 0 aliphatic heterocycles. The third-order valence-electron chi connectivity index (χ3n) is 4.61. The Morgan fingerprint density at radius 1 is 1.40 bits per heavy atom. The average Bonchev–Trinajstić information content (AvgIpc) is 3.29. The Labute approximate surface area is 150 Å². The van der Waals surface area contributed by atoms with Gasteiger partial charge in [0.05, 0.1) is 12.0 Å². The summed E-state index contributed by atoms with van der Waals surface area (Å²) in [5.74, 6) is 2.90. The molecule has 1 aliphatic rings. The second kappa shape index (κ2) is 8.33. The third-order valence-corrected chi connectivity index (χ3v) is 5.50. The lowest BCUT2D eigenvalue weighted by molar-refractivity contribution is -0.384. The molecule has 1 heterocycles. The summed E-state index contributed by atoms with van der Waals surface area (Å²) in [6.07, 6.45) is 7.47. The number of aromatic nitrogens is 3. The number of nitrogens with zero attached hydrogens (tertiary/aromatic N) is 3. The molecule has 2 aromatic rings. The molecule has 134 valence electrons. The van der Waals surface area contributed by atoms with Crippen LogP contribution in [-0.2, 0) is 12.2 Å². The summed E-state index contributed by atoms with van der Waals surface area (Å²) in [7, 11) is 1.56. The van der Waals surface area contributed by atoms with Crippen molar-refractivity contribution in [3.8, 4) is 5.75 Å². The molecule has 1 aromatic carbocycles. The van der Waals surface area contributed by atoms with Gasteiger partial charge >= 0.3 is 0 Å². The predicted molar refractivity (Wildman–Crippen MR) is 95.9 cm³/mol. The standard InChI is InChI=1S/C17H22N4O3S/c1-24-15-8-7-14(21(22)23)10-13(15)11-25-17-18-16(19-20-17)9-6-12-4-2-3-5-12/h7-8,10,12H,2-6,9,11H2,1H3,(H,18,19,20). The van der Waals surface area contributed by atoms with Gasteiger partial charge in [0.25, 0.3) is 5.69 Å². The molecule has 1 saturated carbocycles. The fourth-order valence-electron chi connectivity index (χ4n) is 3.23. The Morgan fingerprint density at radius 3 is 2.92 bits per heavy atom. The van der Waals surface area contributed by atoms with Crippen LogP contribution in [-0.4, -0.2) is 27.2 Å². The van der Waals surface area contributed by atoms with Gasteiger partial charge in [0, 0.05) is 29.9 Å².